The van der Waals surface area contributed by atoms with Crippen LogP contribution in [0.4, 0.5) is 4.79 Å². The molecule has 3 amide bonds. The van der Waals surface area contributed by atoms with Crippen LogP contribution in [0.2, 0.25) is 0 Å². The average molecular weight is 296 g/mol. The minimum atomic E-state index is -0.805. The van der Waals surface area contributed by atoms with Crippen LogP contribution >= 0.6 is 0 Å². The van der Waals surface area contributed by atoms with Crippen molar-refractivity contribution in [1.29, 1.82) is 0 Å². The predicted molar refractivity (Wildman–Crippen MR) is 76.7 cm³/mol. The Morgan fingerprint density at radius 2 is 1.95 bits per heavy atom. The minimum Gasteiger partial charge on any atom is -0.481 e. The fourth-order valence-corrected chi connectivity index (χ4v) is 3.20. The molecule has 2 N–H and O–H groups in total. The van der Waals surface area contributed by atoms with Crippen LogP contribution in [-0.2, 0) is 9.59 Å². The van der Waals surface area contributed by atoms with Crippen molar-refractivity contribution in [1.82, 2.24) is 10.2 Å². The second-order valence-corrected chi connectivity index (χ2v) is 6.36. The first kappa shape index (κ1) is 15.8. The van der Waals surface area contributed by atoms with Gasteiger partial charge in [0.05, 0.1) is 0 Å². The van der Waals surface area contributed by atoms with Crippen molar-refractivity contribution in [2.24, 2.45) is 5.92 Å². The summed E-state index contributed by atoms with van der Waals surface area (Å²) in [5.41, 5.74) is -0.662. The Hall–Kier alpha value is -1.59. The number of amides is 3. The van der Waals surface area contributed by atoms with Gasteiger partial charge in [0, 0.05) is 13.0 Å². The van der Waals surface area contributed by atoms with Gasteiger partial charge < -0.3 is 10.4 Å². The summed E-state index contributed by atoms with van der Waals surface area (Å²) in [5, 5.41) is 11.5. The van der Waals surface area contributed by atoms with Gasteiger partial charge in [-0.2, -0.15) is 0 Å². The molecule has 118 valence electrons. The van der Waals surface area contributed by atoms with Gasteiger partial charge in [0.25, 0.3) is 5.91 Å². The molecule has 1 saturated heterocycles. The largest absolute Gasteiger partial charge is 0.481 e. The van der Waals surface area contributed by atoms with Gasteiger partial charge >= 0.3 is 12.0 Å². The van der Waals surface area contributed by atoms with Crippen LogP contribution in [0.15, 0.2) is 0 Å². The zero-order valence-corrected chi connectivity index (χ0v) is 12.6. The number of rotatable bonds is 6. The van der Waals surface area contributed by atoms with Crippen LogP contribution in [0.25, 0.3) is 0 Å². The van der Waals surface area contributed by atoms with Crippen molar-refractivity contribution < 1.29 is 19.5 Å². The molecule has 1 saturated carbocycles. The summed E-state index contributed by atoms with van der Waals surface area (Å²) < 4.78 is 0. The van der Waals surface area contributed by atoms with E-state index < -0.39 is 11.5 Å². The van der Waals surface area contributed by atoms with E-state index in [2.05, 4.69) is 12.2 Å². The van der Waals surface area contributed by atoms with Gasteiger partial charge in [-0.1, -0.05) is 13.3 Å². The molecular weight excluding hydrogens is 272 g/mol. The van der Waals surface area contributed by atoms with Crippen LogP contribution in [0, 0.1) is 5.92 Å². The van der Waals surface area contributed by atoms with Gasteiger partial charge in [0.2, 0.25) is 0 Å². The molecule has 0 radical (unpaired) electrons. The molecule has 21 heavy (non-hydrogen) atoms. The molecule has 0 aromatic heterocycles. The maximum Gasteiger partial charge on any atom is 0.325 e. The third-order valence-corrected chi connectivity index (χ3v) is 4.65. The minimum absolute atomic E-state index is 0.0855. The Morgan fingerprint density at radius 1 is 1.29 bits per heavy atom. The lowest BCUT2D eigenvalue weighted by molar-refractivity contribution is -0.137. The van der Waals surface area contributed by atoms with Gasteiger partial charge in [-0.25, -0.2) is 4.79 Å². The number of carboxylic acids is 1. The van der Waals surface area contributed by atoms with Crippen LogP contribution in [0.1, 0.15) is 58.3 Å². The molecule has 2 fully saturated rings. The van der Waals surface area contributed by atoms with E-state index in [9.17, 15) is 14.4 Å². The highest BCUT2D eigenvalue weighted by atomic mass is 16.4. The molecule has 2 aliphatic rings. The number of urea groups is 1. The van der Waals surface area contributed by atoms with Gasteiger partial charge in [-0.3, -0.25) is 14.5 Å². The summed E-state index contributed by atoms with van der Waals surface area (Å²) in [7, 11) is 0. The Kier molecular flexibility index (Phi) is 4.85. The van der Waals surface area contributed by atoms with E-state index in [0.29, 0.717) is 31.7 Å². The van der Waals surface area contributed by atoms with E-state index in [1.165, 1.54) is 4.90 Å². The lowest BCUT2D eigenvalue weighted by Crippen LogP contribution is -2.49. The molecule has 0 aromatic carbocycles. The third-order valence-electron chi connectivity index (χ3n) is 4.65. The van der Waals surface area contributed by atoms with E-state index >= 15 is 0 Å². The zero-order chi connectivity index (χ0) is 15.5. The number of carboxylic acid groups (broad SMARTS) is 1. The normalized spacial score (nSPS) is 29.0. The molecule has 2 rings (SSSR count). The summed E-state index contributed by atoms with van der Waals surface area (Å²) in [5.74, 6) is -0.275. The maximum atomic E-state index is 12.5. The number of carbonyl (C=O) groups is 3. The van der Waals surface area contributed by atoms with Crippen molar-refractivity contribution >= 4 is 17.9 Å². The zero-order valence-electron chi connectivity index (χ0n) is 12.6. The van der Waals surface area contributed by atoms with E-state index in [1.54, 1.807) is 0 Å². The first-order valence-corrected chi connectivity index (χ1v) is 7.80. The van der Waals surface area contributed by atoms with Crippen molar-refractivity contribution in [3.8, 4) is 0 Å². The van der Waals surface area contributed by atoms with E-state index in [-0.39, 0.29) is 18.4 Å². The molecule has 1 heterocycles. The highest BCUT2D eigenvalue weighted by Gasteiger charge is 2.51. The van der Waals surface area contributed by atoms with Gasteiger partial charge in [-0.05, 0) is 44.4 Å². The van der Waals surface area contributed by atoms with Gasteiger partial charge in [-0.15, -0.1) is 0 Å². The number of nitrogens with zero attached hydrogens (tertiary/aromatic N) is 1. The maximum absolute atomic E-state index is 12.5. The predicted octanol–water partition coefficient (Wildman–Crippen LogP) is 2.13. The monoisotopic (exact) mass is 296 g/mol. The van der Waals surface area contributed by atoms with Crippen LogP contribution in [0.5, 0.6) is 0 Å². The summed E-state index contributed by atoms with van der Waals surface area (Å²) in [4.78, 5) is 36.3. The summed E-state index contributed by atoms with van der Waals surface area (Å²) in [6, 6.07) is -0.284. The fourth-order valence-electron chi connectivity index (χ4n) is 3.20. The molecule has 6 nitrogen and oxygen atoms in total. The van der Waals surface area contributed by atoms with E-state index in [4.69, 9.17) is 5.11 Å². The molecule has 1 aliphatic heterocycles. The molecule has 0 aromatic rings. The lowest BCUT2D eigenvalue weighted by Gasteiger charge is -2.33. The Morgan fingerprint density at radius 3 is 2.57 bits per heavy atom. The van der Waals surface area contributed by atoms with Crippen LogP contribution in [0.3, 0.4) is 0 Å². The summed E-state index contributed by atoms with van der Waals surface area (Å²) in [6.07, 6.45) is 5.51. The quantitative estimate of drug-likeness (QED) is 0.580. The Balaban J connectivity index is 1.83. The van der Waals surface area contributed by atoms with Gasteiger partial charge in [0.1, 0.15) is 5.54 Å². The number of aliphatic carboxylic acids is 1. The van der Waals surface area contributed by atoms with Crippen molar-refractivity contribution in [2.45, 2.75) is 63.8 Å². The SMILES string of the molecule is CC1CCC2(CC1)NC(=O)N(CCCCCC(=O)O)C2=O. The summed E-state index contributed by atoms with van der Waals surface area (Å²) >= 11 is 0. The van der Waals surface area contributed by atoms with Crippen LogP contribution < -0.4 is 5.32 Å². The van der Waals surface area contributed by atoms with E-state index in [0.717, 1.165) is 25.7 Å². The number of unbranched alkanes of at least 4 members (excludes halogenated alkanes) is 2. The number of nitrogens with one attached hydrogen (secondary N) is 1. The number of carbonyl (C=O) groups excluding carboxylic acids is 2. The number of hydrogen-bond acceptors (Lipinski definition) is 3. The average Bonchev–Trinajstić information content (AvgIpc) is 2.66. The lowest BCUT2D eigenvalue weighted by atomic mass is 9.77. The first-order valence-electron chi connectivity index (χ1n) is 7.80. The van der Waals surface area contributed by atoms with Gasteiger partial charge in [0.15, 0.2) is 0 Å². The Bertz CT molecular complexity index is 427. The molecule has 0 bridgehead atoms. The number of hydrogen-bond donors (Lipinski definition) is 2. The standard InChI is InChI=1S/C15H24N2O4/c1-11-6-8-15(9-7-11)13(20)17(14(21)16-15)10-4-2-3-5-12(18)19/h11H,2-10H2,1H3,(H,16,21)(H,18,19). The van der Waals surface area contributed by atoms with Crippen LogP contribution in [-0.4, -0.2) is 40.0 Å². The third kappa shape index (κ3) is 3.54. The Labute approximate surface area is 124 Å². The fraction of sp³-hybridized carbons (Fsp3) is 0.800. The smallest absolute Gasteiger partial charge is 0.325 e. The molecule has 0 atom stereocenters. The van der Waals surface area contributed by atoms with Crippen molar-refractivity contribution in [3.05, 3.63) is 0 Å². The second-order valence-electron chi connectivity index (χ2n) is 6.36. The molecular formula is C15H24N2O4. The topological polar surface area (TPSA) is 86.7 Å². The number of imide groups is 1. The van der Waals surface area contributed by atoms with Crippen molar-refractivity contribution in [3.63, 3.8) is 0 Å². The molecule has 6 heteroatoms. The molecule has 1 spiro atoms. The highest BCUT2D eigenvalue weighted by molar-refractivity contribution is 6.07. The molecule has 1 aliphatic carbocycles. The molecule has 0 unspecified atom stereocenters. The first-order chi connectivity index (χ1) is 9.94. The van der Waals surface area contributed by atoms with Crippen molar-refractivity contribution in [2.75, 3.05) is 6.54 Å². The second kappa shape index (κ2) is 6.45. The van der Waals surface area contributed by atoms with E-state index in [1.807, 2.05) is 0 Å². The summed E-state index contributed by atoms with van der Waals surface area (Å²) in [6.45, 7) is 2.57. The highest BCUT2D eigenvalue weighted by Crippen LogP contribution is 2.36.